The molecule has 1 aliphatic carbocycles. The zero-order chi connectivity index (χ0) is 29.5. The Balaban J connectivity index is 1.36. The van der Waals surface area contributed by atoms with Crippen molar-refractivity contribution in [2.75, 3.05) is 37.0 Å². The molecule has 2 fully saturated rings. The van der Waals surface area contributed by atoms with Crippen LogP contribution < -0.4 is 10.2 Å². The first-order chi connectivity index (χ1) is 19.5. The number of benzene rings is 1. The average Bonchev–Trinajstić information content (AvgIpc) is 2.89. The number of amides is 1. The minimum atomic E-state index is -0.532. The summed E-state index contributed by atoms with van der Waals surface area (Å²) in [7, 11) is 1.36. The van der Waals surface area contributed by atoms with Gasteiger partial charge in [0.2, 0.25) is 0 Å². The molecule has 1 N–H and O–H groups in total. The van der Waals surface area contributed by atoms with Crippen LogP contribution in [0.2, 0.25) is 5.02 Å². The molecule has 9 nitrogen and oxygen atoms in total. The van der Waals surface area contributed by atoms with Crippen LogP contribution in [0.1, 0.15) is 76.8 Å². The molecule has 0 spiro atoms. The van der Waals surface area contributed by atoms with Gasteiger partial charge in [-0.3, -0.25) is 4.79 Å². The van der Waals surface area contributed by atoms with Crippen LogP contribution in [-0.4, -0.2) is 64.0 Å². The van der Waals surface area contributed by atoms with Gasteiger partial charge in [0.05, 0.1) is 40.8 Å². The zero-order valence-electron chi connectivity index (χ0n) is 23.9. The molecular formula is C30H34ClFN6O3. The third-order valence-corrected chi connectivity index (χ3v) is 8.24. The van der Waals surface area contributed by atoms with Gasteiger partial charge in [0, 0.05) is 31.2 Å². The number of esters is 1. The number of nitrogens with zero attached hydrogens (tertiary/aromatic N) is 5. The first kappa shape index (κ1) is 28.7. The van der Waals surface area contributed by atoms with E-state index in [1.54, 1.807) is 13.0 Å². The highest BCUT2D eigenvalue weighted by molar-refractivity contribution is 6.30. The SMILES string of the molecule is COC(=O)c1c(C)cc(N2CCN(C(=O)c3cnc(Nc4ccc(Cl)c(F)c4)c(C4CCC4)n3)C(C)(C)C2)nc1C. The smallest absolute Gasteiger partial charge is 0.339 e. The van der Waals surface area contributed by atoms with Crippen molar-refractivity contribution in [2.24, 2.45) is 0 Å². The van der Waals surface area contributed by atoms with Crippen LogP contribution in [0.4, 0.5) is 21.7 Å². The Morgan fingerprint density at radius 1 is 1.15 bits per heavy atom. The summed E-state index contributed by atoms with van der Waals surface area (Å²) < 4.78 is 18.9. The summed E-state index contributed by atoms with van der Waals surface area (Å²) in [6.07, 6.45) is 4.49. The van der Waals surface area contributed by atoms with E-state index in [0.29, 0.717) is 42.4 Å². The van der Waals surface area contributed by atoms with Crippen LogP contribution in [0.5, 0.6) is 0 Å². The fraction of sp³-hybridized carbons (Fsp3) is 0.433. The summed E-state index contributed by atoms with van der Waals surface area (Å²) >= 11 is 5.83. The predicted octanol–water partition coefficient (Wildman–Crippen LogP) is 5.82. The third-order valence-electron chi connectivity index (χ3n) is 7.94. The molecule has 0 radical (unpaired) electrons. The summed E-state index contributed by atoms with van der Waals surface area (Å²) in [6, 6.07) is 6.37. The molecule has 0 unspecified atom stereocenters. The van der Waals surface area contributed by atoms with E-state index in [1.165, 1.54) is 25.4 Å². The Morgan fingerprint density at radius 2 is 1.90 bits per heavy atom. The van der Waals surface area contributed by atoms with Crippen molar-refractivity contribution in [2.45, 2.75) is 58.4 Å². The molecule has 1 amide bonds. The normalized spacial score (nSPS) is 16.8. The van der Waals surface area contributed by atoms with Gasteiger partial charge in [-0.05, 0) is 70.4 Å². The largest absolute Gasteiger partial charge is 0.465 e. The monoisotopic (exact) mass is 580 g/mol. The van der Waals surface area contributed by atoms with Gasteiger partial charge >= 0.3 is 5.97 Å². The van der Waals surface area contributed by atoms with E-state index in [4.69, 9.17) is 21.3 Å². The highest BCUT2D eigenvalue weighted by Crippen LogP contribution is 2.39. The number of rotatable bonds is 6. The maximum Gasteiger partial charge on any atom is 0.339 e. The van der Waals surface area contributed by atoms with Crippen molar-refractivity contribution in [3.8, 4) is 0 Å². The van der Waals surface area contributed by atoms with Crippen molar-refractivity contribution in [3.63, 3.8) is 0 Å². The average molecular weight is 581 g/mol. The van der Waals surface area contributed by atoms with Gasteiger partial charge in [-0.25, -0.2) is 24.1 Å². The van der Waals surface area contributed by atoms with Gasteiger partial charge in [-0.15, -0.1) is 0 Å². The van der Waals surface area contributed by atoms with Gasteiger partial charge in [0.25, 0.3) is 5.91 Å². The maximum absolute atomic E-state index is 14.0. The van der Waals surface area contributed by atoms with E-state index >= 15 is 0 Å². The summed E-state index contributed by atoms with van der Waals surface area (Å²) in [5.41, 5.74) is 2.86. The molecule has 0 atom stereocenters. The van der Waals surface area contributed by atoms with Crippen molar-refractivity contribution in [3.05, 3.63) is 69.5 Å². The second-order valence-corrected chi connectivity index (χ2v) is 11.7. The molecule has 2 aliphatic rings. The Bertz CT molecular complexity index is 1490. The number of halogens is 2. The van der Waals surface area contributed by atoms with Crippen molar-refractivity contribution < 1.29 is 18.7 Å². The maximum atomic E-state index is 14.0. The number of aromatic nitrogens is 3. The number of hydrogen-bond acceptors (Lipinski definition) is 8. The molecule has 3 aromatic rings. The number of aryl methyl sites for hydroxylation is 2. The number of pyridine rings is 1. The fourth-order valence-corrected chi connectivity index (χ4v) is 5.65. The van der Waals surface area contributed by atoms with E-state index in [1.807, 2.05) is 31.7 Å². The minimum Gasteiger partial charge on any atom is -0.465 e. The molecule has 3 heterocycles. The second kappa shape index (κ2) is 11.2. The number of carbonyl (C=O) groups is 2. The van der Waals surface area contributed by atoms with Crippen molar-refractivity contribution >= 4 is 40.8 Å². The van der Waals surface area contributed by atoms with Crippen LogP contribution in [-0.2, 0) is 4.74 Å². The van der Waals surface area contributed by atoms with Crippen LogP contribution in [0.15, 0.2) is 30.5 Å². The van der Waals surface area contributed by atoms with E-state index in [9.17, 15) is 14.0 Å². The summed E-state index contributed by atoms with van der Waals surface area (Å²) in [4.78, 5) is 44.0. The molecule has 41 heavy (non-hydrogen) atoms. The molecule has 216 valence electrons. The fourth-order valence-electron chi connectivity index (χ4n) is 5.53. The number of ether oxygens (including phenoxy) is 1. The van der Waals surface area contributed by atoms with E-state index in [0.717, 1.165) is 36.3 Å². The van der Waals surface area contributed by atoms with Crippen LogP contribution >= 0.6 is 11.6 Å². The molecule has 1 aliphatic heterocycles. The highest BCUT2D eigenvalue weighted by Gasteiger charge is 2.39. The lowest BCUT2D eigenvalue weighted by molar-refractivity contribution is 0.0505. The molecule has 11 heteroatoms. The quantitative estimate of drug-likeness (QED) is 0.364. The number of methoxy groups -OCH3 is 1. The lowest BCUT2D eigenvalue weighted by atomic mass is 9.82. The van der Waals surface area contributed by atoms with Crippen LogP contribution in [0.25, 0.3) is 0 Å². The topological polar surface area (TPSA) is 101 Å². The van der Waals surface area contributed by atoms with Gasteiger partial charge in [-0.2, -0.15) is 0 Å². The number of piperazine rings is 1. The first-order valence-electron chi connectivity index (χ1n) is 13.7. The number of carbonyl (C=O) groups excluding carboxylic acids is 2. The van der Waals surface area contributed by atoms with Gasteiger partial charge in [-0.1, -0.05) is 18.0 Å². The van der Waals surface area contributed by atoms with E-state index < -0.39 is 17.3 Å². The lowest BCUT2D eigenvalue weighted by Gasteiger charge is -2.47. The Labute approximate surface area is 244 Å². The number of hydrogen-bond donors (Lipinski definition) is 1. The molecule has 1 aromatic carbocycles. The second-order valence-electron chi connectivity index (χ2n) is 11.3. The zero-order valence-corrected chi connectivity index (χ0v) is 24.7. The minimum absolute atomic E-state index is 0.0452. The Kier molecular flexibility index (Phi) is 7.87. The first-order valence-corrected chi connectivity index (χ1v) is 14.1. The third kappa shape index (κ3) is 5.70. The summed E-state index contributed by atoms with van der Waals surface area (Å²) in [6.45, 7) is 9.30. The highest BCUT2D eigenvalue weighted by atomic mass is 35.5. The lowest BCUT2D eigenvalue weighted by Crippen LogP contribution is -2.61. The molecule has 2 aromatic heterocycles. The van der Waals surface area contributed by atoms with Crippen molar-refractivity contribution in [1.82, 2.24) is 19.9 Å². The standard InChI is InChI=1S/C30H34ClFN6O3/c1-17-13-24(34-18(2)25(17)29(40)41-5)37-11-12-38(30(3,4)16-37)28(39)23-15-33-27(26(36-23)19-7-6-8-19)35-20-9-10-21(31)22(32)14-20/h9-10,13-15,19H,6-8,11-12,16H2,1-5H3,(H,33,35). The van der Waals surface area contributed by atoms with Crippen LogP contribution in [0, 0.1) is 19.7 Å². The predicted molar refractivity (Wildman–Crippen MR) is 156 cm³/mol. The van der Waals surface area contributed by atoms with Crippen LogP contribution in [0.3, 0.4) is 0 Å². The van der Waals surface area contributed by atoms with E-state index in [2.05, 4.69) is 20.2 Å². The number of nitrogens with one attached hydrogen (secondary N) is 1. The Hall–Kier alpha value is -3.79. The van der Waals surface area contributed by atoms with Gasteiger partial charge in [0.1, 0.15) is 17.3 Å². The van der Waals surface area contributed by atoms with E-state index in [-0.39, 0.29) is 22.5 Å². The summed E-state index contributed by atoms with van der Waals surface area (Å²) in [5.74, 6) is 0.346. The molecule has 5 rings (SSSR count). The summed E-state index contributed by atoms with van der Waals surface area (Å²) in [5, 5.41) is 3.20. The Morgan fingerprint density at radius 3 is 2.51 bits per heavy atom. The van der Waals surface area contributed by atoms with Crippen molar-refractivity contribution in [1.29, 1.82) is 0 Å². The van der Waals surface area contributed by atoms with Gasteiger partial charge < -0.3 is 19.9 Å². The van der Waals surface area contributed by atoms with Gasteiger partial charge in [0.15, 0.2) is 5.82 Å². The number of anilines is 3. The molecule has 1 saturated carbocycles. The molecule has 1 saturated heterocycles. The molecular weight excluding hydrogens is 547 g/mol. The molecule has 0 bridgehead atoms.